The van der Waals surface area contributed by atoms with Gasteiger partial charge >= 0.3 is 5.97 Å². The van der Waals surface area contributed by atoms with Crippen molar-refractivity contribution in [3.8, 4) is 0 Å². The minimum absolute atomic E-state index is 0.0409. The molecular formula is C18H24N2O4. The lowest BCUT2D eigenvalue weighted by molar-refractivity contribution is -0.147. The molecule has 0 aromatic heterocycles. The fourth-order valence-corrected chi connectivity index (χ4v) is 3.06. The monoisotopic (exact) mass is 332 g/mol. The first kappa shape index (κ1) is 18.0. The van der Waals surface area contributed by atoms with Crippen LogP contribution in [-0.4, -0.2) is 22.9 Å². The zero-order valence-electron chi connectivity index (χ0n) is 13.9. The van der Waals surface area contributed by atoms with E-state index in [0.29, 0.717) is 30.6 Å². The molecule has 2 amide bonds. The van der Waals surface area contributed by atoms with Gasteiger partial charge in [0.2, 0.25) is 11.8 Å². The Morgan fingerprint density at radius 2 is 1.54 bits per heavy atom. The molecule has 2 rings (SSSR count). The van der Waals surface area contributed by atoms with Crippen LogP contribution in [-0.2, 0) is 14.4 Å². The van der Waals surface area contributed by atoms with Gasteiger partial charge in [0.25, 0.3) is 0 Å². The number of carbonyl (C=O) groups is 3. The van der Waals surface area contributed by atoms with E-state index < -0.39 is 17.8 Å². The normalized spacial score (nSPS) is 20.2. The number of benzene rings is 1. The summed E-state index contributed by atoms with van der Waals surface area (Å²) in [6.45, 7) is 1.94. The number of rotatable bonds is 6. The van der Waals surface area contributed by atoms with Gasteiger partial charge in [-0.3, -0.25) is 14.4 Å². The summed E-state index contributed by atoms with van der Waals surface area (Å²) in [4.78, 5) is 35.2. The molecule has 0 saturated heterocycles. The Labute approximate surface area is 141 Å². The third kappa shape index (κ3) is 4.81. The number of carboxylic acid groups (broad SMARTS) is 1. The minimum atomic E-state index is -0.899. The van der Waals surface area contributed by atoms with Crippen LogP contribution in [0.25, 0.3) is 0 Å². The molecule has 0 radical (unpaired) electrons. The molecule has 1 aliphatic carbocycles. The zero-order valence-corrected chi connectivity index (χ0v) is 13.9. The Bertz CT molecular complexity index is 598. The van der Waals surface area contributed by atoms with Gasteiger partial charge in [-0.15, -0.1) is 0 Å². The quantitative estimate of drug-likeness (QED) is 0.745. The largest absolute Gasteiger partial charge is 0.481 e. The Morgan fingerprint density at radius 1 is 1.00 bits per heavy atom. The molecule has 1 saturated carbocycles. The summed E-state index contributed by atoms with van der Waals surface area (Å²) in [5.41, 5.74) is 1.27. The van der Waals surface area contributed by atoms with Crippen molar-refractivity contribution in [3.63, 3.8) is 0 Å². The van der Waals surface area contributed by atoms with Gasteiger partial charge in [0.15, 0.2) is 0 Å². The van der Waals surface area contributed by atoms with Crippen molar-refractivity contribution in [1.29, 1.82) is 0 Å². The highest BCUT2D eigenvalue weighted by molar-refractivity contribution is 5.96. The minimum Gasteiger partial charge on any atom is -0.481 e. The number of amides is 2. The van der Waals surface area contributed by atoms with Crippen LogP contribution in [0.1, 0.15) is 45.4 Å². The van der Waals surface area contributed by atoms with Crippen molar-refractivity contribution in [2.75, 3.05) is 10.6 Å². The molecule has 130 valence electrons. The summed E-state index contributed by atoms with van der Waals surface area (Å²) in [5.74, 6) is -2.28. The molecule has 0 spiro atoms. The highest BCUT2D eigenvalue weighted by Gasteiger charge is 2.35. The van der Waals surface area contributed by atoms with E-state index in [2.05, 4.69) is 10.6 Å². The van der Waals surface area contributed by atoms with Crippen LogP contribution in [0.2, 0.25) is 0 Å². The topological polar surface area (TPSA) is 95.5 Å². The number of carboxylic acids is 1. The lowest BCUT2D eigenvalue weighted by Crippen LogP contribution is -2.36. The van der Waals surface area contributed by atoms with Crippen LogP contribution in [0.3, 0.4) is 0 Å². The van der Waals surface area contributed by atoms with Crippen molar-refractivity contribution in [1.82, 2.24) is 0 Å². The third-order valence-corrected chi connectivity index (χ3v) is 4.33. The molecule has 6 heteroatoms. The van der Waals surface area contributed by atoms with E-state index in [-0.39, 0.29) is 11.8 Å². The van der Waals surface area contributed by atoms with Gasteiger partial charge in [0.05, 0.1) is 11.8 Å². The number of hydrogen-bond donors (Lipinski definition) is 3. The predicted molar refractivity (Wildman–Crippen MR) is 91.7 cm³/mol. The fraction of sp³-hybridized carbons (Fsp3) is 0.500. The average molecular weight is 332 g/mol. The standard InChI is InChI=1S/C18H24N2O4/c1-2-5-16(21)19-12-8-10-13(11-9-12)20-17(22)14-6-3-4-7-15(14)18(23)24/h8-11,14-15H,2-7H2,1H3,(H,19,21)(H,20,22)(H,23,24)/t14-,15-/m0/s1. The maximum atomic E-state index is 12.4. The van der Waals surface area contributed by atoms with E-state index in [0.717, 1.165) is 19.3 Å². The smallest absolute Gasteiger partial charge is 0.307 e. The van der Waals surface area contributed by atoms with Gasteiger partial charge in [0, 0.05) is 17.8 Å². The van der Waals surface area contributed by atoms with Crippen LogP contribution in [0.5, 0.6) is 0 Å². The lowest BCUT2D eigenvalue weighted by Gasteiger charge is -2.27. The first-order chi connectivity index (χ1) is 11.5. The van der Waals surface area contributed by atoms with E-state index in [1.165, 1.54) is 0 Å². The van der Waals surface area contributed by atoms with Gasteiger partial charge in [-0.05, 0) is 43.5 Å². The first-order valence-electron chi connectivity index (χ1n) is 8.45. The van der Waals surface area contributed by atoms with Crippen LogP contribution >= 0.6 is 0 Å². The number of anilines is 2. The molecule has 1 aromatic rings. The molecule has 1 aliphatic rings. The van der Waals surface area contributed by atoms with Gasteiger partial charge < -0.3 is 15.7 Å². The first-order valence-corrected chi connectivity index (χ1v) is 8.45. The zero-order chi connectivity index (χ0) is 17.5. The predicted octanol–water partition coefficient (Wildman–Crippen LogP) is 3.25. The Balaban J connectivity index is 1.96. The van der Waals surface area contributed by atoms with E-state index in [4.69, 9.17) is 0 Å². The SMILES string of the molecule is CCCC(=O)Nc1ccc(NC(=O)[C@H]2CCCC[C@@H]2C(=O)O)cc1. The Kier molecular flexibility index (Phi) is 6.35. The van der Waals surface area contributed by atoms with Crippen LogP contribution < -0.4 is 10.6 Å². The number of aliphatic carboxylic acids is 1. The van der Waals surface area contributed by atoms with Gasteiger partial charge in [-0.2, -0.15) is 0 Å². The van der Waals surface area contributed by atoms with Gasteiger partial charge in [0.1, 0.15) is 0 Å². The van der Waals surface area contributed by atoms with Crippen molar-refractivity contribution >= 4 is 29.2 Å². The van der Waals surface area contributed by atoms with Gasteiger partial charge in [-0.25, -0.2) is 0 Å². The molecule has 0 bridgehead atoms. The summed E-state index contributed by atoms with van der Waals surface area (Å²) >= 11 is 0. The average Bonchev–Trinajstić information content (AvgIpc) is 2.56. The maximum Gasteiger partial charge on any atom is 0.307 e. The lowest BCUT2D eigenvalue weighted by atomic mass is 9.78. The van der Waals surface area contributed by atoms with E-state index in [1.807, 2.05) is 6.92 Å². The highest BCUT2D eigenvalue weighted by Crippen LogP contribution is 2.31. The molecule has 2 atom stereocenters. The summed E-state index contributed by atoms with van der Waals surface area (Å²) in [6.07, 6.45) is 4.14. The second kappa shape index (κ2) is 8.47. The van der Waals surface area contributed by atoms with Crippen molar-refractivity contribution in [2.45, 2.75) is 45.4 Å². The van der Waals surface area contributed by atoms with Gasteiger partial charge in [-0.1, -0.05) is 19.8 Å². The summed E-state index contributed by atoms with van der Waals surface area (Å²) in [6, 6.07) is 6.85. The molecule has 0 heterocycles. The summed E-state index contributed by atoms with van der Waals surface area (Å²) < 4.78 is 0. The second-order valence-electron chi connectivity index (χ2n) is 6.20. The molecule has 1 fully saturated rings. The van der Waals surface area contributed by atoms with Crippen LogP contribution in [0.15, 0.2) is 24.3 Å². The van der Waals surface area contributed by atoms with E-state index in [1.54, 1.807) is 24.3 Å². The van der Waals surface area contributed by atoms with Crippen LogP contribution in [0.4, 0.5) is 11.4 Å². The molecule has 1 aromatic carbocycles. The highest BCUT2D eigenvalue weighted by atomic mass is 16.4. The third-order valence-electron chi connectivity index (χ3n) is 4.33. The Hall–Kier alpha value is -2.37. The molecule has 3 N–H and O–H groups in total. The number of nitrogens with one attached hydrogen (secondary N) is 2. The Morgan fingerprint density at radius 3 is 2.08 bits per heavy atom. The molecule has 0 unspecified atom stereocenters. The molecule has 0 aliphatic heterocycles. The van der Waals surface area contributed by atoms with Crippen molar-refractivity contribution in [3.05, 3.63) is 24.3 Å². The maximum absolute atomic E-state index is 12.4. The second-order valence-corrected chi connectivity index (χ2v) is 6.20. The van der Waals surface area contributed by atoms with Crippen LogP contribution in [0, 0.1) is 11.8 Å². The number of hydrogen-bond acceptors (Lipinski definition) is 3. The van der Waals surface area contributed by atoms with E-state index >= 15 is 0 Å². The molecular weight excluding hydrogens is 308 g/mol. The summed E-state index contributed by atoms with van der Waals surface area (Å²) in [7, 11) is 0. The van der Waals surface area contributed by atoms with Crippen molar-refractivity contribution in [2.24, 2.45) is 11.8 Å². The molecule has 6 nitrogen and oxygen atoms in total. The number of carbonyl (C=O) groups excluding carboxylic acids is 2. The molecule has 24 heavy (non-hydrogen) atoms. The van der Waals surface area contributed by atoms with Crippen molar-refractivity contribution < 1.29 is 19.5 Å². The summed E-state index contributed by atoms with van der Waals surface area (Å²) in [5, 5.41) is 14.8. The van der Waals surface area contributed by atoms with E-state index in [9.17, 15) is 19.5 Å². The fourth-order valence-electron chi connectivity index (χ4n) is 3.06.